The van der Waals surface area contributed by atoms with Gasteiger partial charge in [0.15, 0.2) is 5.84 Å². The van der Waals surface area contributed by atoms with Crippen molar-refractivity contribution in [3.63, 3.8) is 0 Å². The van der Waals surface area contributed by atoms with Gasteiger partial charge in [0, 0.05) is 5.56 Å². The monoisotopic (exact) mass is 194 g/mol. The van der Waals surface area contributed by atoms with E-state index in [4.69, 9.17) is 15.7 Å². The van der Waals surface area contributed by atoms with Gasteiger partial charge in [-0.25, -0.2) is 0 Å². The van der Waals surface area contributed by atoms with Gasteiger partial charge in [0.05, 0.1) is 7.11 Å². The molecule has 3 N–H and O–H groups in total. The maximum atomic E-state index is 8.51. The Morgan fingerprint density at radius 3 is 2.79 bits per heavy atom. The van der Waals surface area contributed by atoms with Crippen LogP contribution >= 0.6 is 0 Å². The topological polar surface area (TPSA) is 67.8 Å². The van der Waals surface area contributed by atoms with E-state index in [9.17, 15) is 0 Å². The molecule has 0 aliphatic rings. The molecule has 4 nitrogen and oxygen atoms in total. The molecule has 0 radical (unpaired) electrons. The van der Waals surface area contributed by atoms with E-state index in [-0.39, 0.29) is 5.84 Å². The summed E-state index contributed by atoms with van der Waals surface area (Å²) >= 11 is 0. The van der Waals surface area contributed by atoms with Gasteiger partial charge < -0.3 is 15.7 Å². The molecule has 0 amide bonds. The summed E-state index contributed by atoms with van der Waals surface area (Å²) in [6, 6.07) is 5.42. The number of nitrogens with zero attached hydrogens (tertiary/aromatic N) is 1. The molecule has 4 heteroatoms. The Balaban J connectivity index is 3.14. The quantitative estimate of drug-likeness (QED) is 0.330. The lowest BCUT2D eigenvalue weighted by Crippen LogP contribution is -2.13. The molecule has 0 spiro atoms. The standard InChI is InChI=1S/C10H14N2O2/c1-3-7-6-8(10(11)12-13)4-5-9(7)14-2/h4-6,13H,3H2,1-2H3,(H2,11,12). The Bertz CT molecular complexity index is 348. The van der Waals surface area contributed by atoms with Gasteiger partial charge in [-0.05, 0) is 30.2 Å². The van der Waals surface area contributed by atoms with Crippen LogP contribution in [0.4, 0.5) is 0 Å². The van der Waals surface area contributed by atoms with Crippen LogP contribution in [0.15, 0.2) is 23.4 Å². The summed E-state index contributed by atoms with van der Waals surface area (Å²) < 4.78 is 5.16. The Labute approximate surface area is 83.0 Å². The van der Waals surface area contributed by atoms with Crippen molar-refractivity contribution < 1.29 is 9.94 Å². The molecule has 76 valence electrons. The Morgan fingerprint density at radius 1 is 1.57 bits per heavy atom. The molecule has 0 saturated heterocycles. The Kier molecular flexibility index (Phi) is 3.34. The van der Waals surface area contributed by atoms with E-state index in [1.807, 2.05) is 19.1 Å². The van der Waals surface area contributed by atoms with Crippen LogP contribution in [0, 0.1) is 0 Å². The van der Waals surface area contributed by atoms with E-state index in [2.05, 4.69) is 5.16 Å². The normalized spacial score (nSPS) is 11.4. The number of benzene rings is 1. The molecule has 1 rings (SSSR count). The number of hydrogen-bond acceptors (Lipinski definition) is 3. The number of aryl methyl sites for hydroxylation is 1. The van der Waals surface area contributed by atoms with Crippen molar-refractivity contribution in [3.05, 3.63) is 29.3 Å². The highest BCUT2D eigenvalue weighted by atomic mass is 16.5. The predicted octanol–water partition coefficient (Wildman–Crippen LogP) is 1.35. The molecule has 0 aromatic heterocycles. The average Bonchev–Trinajstić information content (AvgIpc) is 2.26. The van der Waals surface area contributed by atoms with Gasteiger partial charge in [-0.15, -0.1) is 0 Å². The minimum Gasteiger partial charge on any atom is -0.496 e. The largest absolute Gasteiger partial charge is 0.496 e. The number of amidine groups is 1. The molecule has 1 aromatic carbocycles. The van der Waals surface area contributed by atoms with Gasteiger partial charge in [0.1, 0.15) is 5.75 Å². The molecule has 0 heterocycles. The van der Waals surface area contributed by atoms with Crippen LogP contribution in [0.5, 0.6) is 5.75 Å². The van der Waals surface area contributed by atoms with Crippen LogP contribution in [0.25, 0.3) is 0 Å². The minimum absolute atomic E-state index is 0.113. The third-order valence-corrected chi connectivity index (χ3v) is 2.06. The zero-order valence-corrected chi connectivity index (χ0v) is 8.32. The van der Waals surface area contributed by atoms with Gasteiger partial charge in [0.25, 0.3) is 0 Å². The fraction of sp³-hybridized carbons (Fsp3) is 0.300. The zero-order chi connectivity index (χ0) is 10.6. The molecule has 1 aromatic rings. The van der Waals surface area contributed by atoms with Crippen LogP contribution in [0.2, 0.25) is 0 Å². The van der Waals surface area contributed by atoms with E-state index >= 15 is 0 Å². The summed E-state index contributed by atoms with van der Waals surface area (Å²) in [5, 5.41) is 11.5. The highest BCUT2D eigenvalue weighted by Gasteiger charge is 2.04. The van der Waals surface area contributed by atoms with E-state index in [1.54, 1.807) is 13.2 Å². The van der Waals surface area contributed by atoms with Crippen molar-refractivity contribution in [1.82, 2.24) is 0 Å². The molecule has 0 bridgehead atoms. The van der Waals surface area contributed by atoms with Crippen molar-refractivity contribution in [2.45, 2.75) is 13.3 Å². The van der Waals surface area contributed by atoms with Gasteiger partial charge in [-0.1, -0.05) is 12.1 Å². The van der Waals surface area contributed by atoms with Gasteiger partial charge in [0.2, 0.25) is 0 Å². The number of ether oxygens (including phenoxy) is 1. The molecule has 14 heavy (non-hydrogen) atoms. The molecule has 0 unspecified atom stereocenters. The fourth-order valence-electron chi connectivity index (χ4n) is 1.27. The number of rotatable bonds is 3. The molecular weight excluding hydrogens is 180 g/mol. The van der Waals surface area contributed by atoms with E-state index in [0.717, 1.165) is 17.7 Å². The van der Waals surface area contributed by atoms with E-state index < -0.39 is 0 Å². The van der Waals surface area contributed by atoms with Crippen LogP contribution in [-0.2, 0) is 6.42 Å². The third kappa shape index (κ3) is 1.96. The lowest BCUT2D eigenvalue weighted by molar-refractivity contribution is 0.318. The number of hydrogen-bond donors (Lipinski definition) is 2. The summed E-state index contributed by atoms with van der Waals surface area (Å²) in [5.41, 5.74) is 7.21. The number of methoxy groups -OCH3 is 1. The number of nitrogens with two attached hydrogens (primary N) is 1. The molecule has 0 atom stereocenters. The second-order valence-electron chi connectivity index (χ2n) is 2.87. The summed E-state index contributed by atoms with van der Waals surface area (Å²) in [6.45, 7) is 2.02. The maximum absolute atomic E-state index is 8.51. The molecular formula is C10H14N2O2. The fourth-order valence-corrected chi connectivity index (χ4v) is 1.27. The maximum Gasteiger partial charge on any atom is 0.170 e. The summed E-state index contributed by atoms with van der Waals surface area (Å²) in [7, 11) is 1.62. The SMILES string of the molecule is CCc1cc(/C(N)=N/O)ccc1OC. The van der Waals surface area contributed by atoms with Crippen molar-refractivity contribution in [1.29, 1.82) is 0 Å². The zero-order valence-electron chi connectivity index (χ0n) is 8.32. The highest BCUT2D eigenvalue weighted by molar-refractivity contribution is 5.97. The molecule has 0 aliphatic heterocycles. The molecule has 0 fully saturated rings. The van der Waals surface area contributed by atoms with Crippen molar-refractivity contribution in [2.24, 2.45) is 10.9 Å². The molecule has 0 aliphatic carbocycles. The number of oxime groups is 1. The van der Waals surface area contributed by atoms with Gasteiger partial charge in [-0.3, -0.25) is 0 Å². The first kappa shape index (κ1) is 10.4. The third-order valence-electron chi connectivity index (χ3n) is 2.06. The predicted molar refractivity (Wildman–Crippen MR) is 54.9 cm³/mol. The smallest absolute Gasteiger partial charge is 0.170 e. The van der Waals surface area contributed by atoms with Crippen molar-refractivity contribution in [3.8, 4) is 5.75 Å². The molecule has 0 saturated carbocycles. The first-order valence-corrected chi connectivity index (χ1v) is 4.37. The van der Waals surface area contributed by atoms with Crippen LogP contribution in [-0.4, -0.2) is 18.2 Å². The Hall–Kier alpha value is -1.71. The van der Waals surface area contributed by atoms with Crippen LogP contribution in [0.1, 0.15) is 18.1 Å². The lowest BCUT2D eigenvalue weighted by Gasteiger charge is -2.08. The first-order valence-electron chi connectivity index (χ1n) is 4.37. The lowest BCUT2D eigenvalue weighted by atomic mass is 10.1. The minimum atomic E-state index is 0.113. The van der Waals surface area contributed by atoms with Gasteiger partial charge >= 0.3 is 0 Å². The Morgan fingerprint density at radius 2 is 2.29 bits per heavy atom. The summed E-state index contributed by atoms with van der Waals surface area (Å²) in [5.74, 6) is 0.935. The van der Waals surface area contributed by atoms with Crippen LogP contribution in [0.3, 0.4) is 0 Å². The second kappa shape index (κ2) is 4.50. The van der Waals surface area contributed by atoms with Gasteiger partial charge in [-0.2, -0.15) is 0 Å². The summed E-state index contributed by atoms with van der Waals surface area (Å²) in [4.78, 5) is 0. The van der Waals surface area contributed by atoms with Crippen molar-refractivity contribution in [2.75, 3.05) is 7.11 Å². The average molecular weight is 194 g/mol. The summed E-state index contributed by atoms with van der Waals surface area (Å²) in [6.07, 6.45) is 0.843. The van der Waals surface area contributed by atoms with E-state index in [1.165, 1.54) is 0 Å². The highest BCUT2D eigenvalue weighted by Crippen LogP contribution is 2.20. The second-order valence-corrected chi connectivity index (χ2v) is 2.87. The first-order chi connectivity index (χ1) is 6.72. The van der Waals surface area contributed by atoms with Crippen LogP contribution < -0.4 is 10.5 Å². The van der Waals surface area contributed by atoms with Crippen molar-refractivity contribution >= 4 is 5.84 Å². The van der Waals surface area contributed by atoms with E-state index in [0.29, 0.717) is 5.56 Å².